The summed E-state index contributed by atoms with van der Waals surface area (Å²) in [5.74, 6) is -0.441. The van der Waals surface area contributed by atoms with Crippen LogP contribution in [-0.4, -0.2) is 39.4 Å². The molecule has 0 unspecified atom stereocenters. The average molecular weight is 314 g/mol. The molecule has 0 aliphatic rings. The number of hydrogen-bond acceptors (Lipinski definition) is 4. The second-order valence-electron chi connectivity index (χ2n) is 4.66. The Kier molecular flexibility index (Phi) is 6.64. The highest BCUT2D eigenvalue weighted by Gasteiger charge is 2.19. The summed E-state index contributed by atoms with van der Waals surface area (Å²) in [6.45, 7) is 2.10. The van der Waals surface area contributed by atoms with Gasteiger partial charge in [0.2, 0.25) is 0 Å². The molecule has 1 aromatic carbocycles. The topological polar surface area (TPSA) is 75.7 Å². The van der Waals surface area contributed by atoms with Crippen molar-refractivity contribution in [3.05, 3.63) is 29.8 Å². The van der Waals surface area contributed by atoms with Gasteiger partial charge < -0.3 is 4.74 Å². The van der Waals surface area contributed by atoms with E-state index >= 15 is 0 Å². The summed E-state index contributed by atoms with van der Waals surface area (Å²) < 4.78 is 32.6. The molecule has 118 valence electrons. The minimum atomic E-state index is -3.68. The highest BCUT2D eigenvalue weighted by atomic mass is 32.2. The smallest absolute Gasteiger partial charge is 0.306 e. The molecule has 1 aromatic rings. The minimum Gasteiger partial charge on any atom is -0.469 e. The molecule has 21 heavy (non-hydrogen) atoms. The van der Waals surface area contributed by atoms with Crippen LogP contribution in [0.25, 0.3) is 0 Å². The zero-order valence-electron chi connectivity index (χ0n) is 12.6. The van der Waals surface area contributed by atoms with Gasteiger partial charge in [0.1, 0.15) is 0 Å². The van der Waals surface area contributed by atoms with Gasteiger partial charge in [-0.3, -0.25) is 9.52 Å². The van der Waals surface area contributed by atoms with Gasteiger partial charge in [-0.25, -0.2) is 0 Å². The Morgan fingerprint density at radius 2 is 2.00 bits per heavy atom. The maximum Gasteiger partial charge on any atom is 0.306 e. The monoisotopic (exact) mass is 314 g/mol. The Morgan fingerprint density at radius 1 is 1.33 bits per heavy atom. The van der Waals surface area contributed by atoms with Gasteiger partial charge in [0.05, 0.1) is 19.2 Å². The molecule has 0 bridgehead atoms. The van der Waals surface area contributed by atoms with Crippen molar-refractivity contribution in [3.8, 4) is 0 Å². The number of esters is 1. The van der Waals surface area contributed by atoms with E-state index < -0.39 is 16.2 Å². The fourth-order valence-electron chi connectivity index (χ4n) is 1.80. The van der Waals surface area contributed by atoms with Gasteiger partial charge in [0, 0.05) is 13.6 Å². The van der Waals surface area contributed by atoms with Crippen LogP contribution in [0, 0.1) is 0 Å². The van der Waals surface area contributed by atoms with Crippen LogP contribution in [0.3, 0.4) is 0 Å². The Labute approximate surface area is 126 Å². The van der Waals surface area contributed by atoms with Gasteiger partial charge in [-0.15, -0.1) is 0 Å². The van der Waals surface area contributed by atoms with Gasteiger partial charge in [0.15, 0.2) is 0 Å². The summed E-state index contributed by atoms with van der Waals surface area (Å²) >= 11 is 0. The molecule has 0 fully saturated rings. The van der Waals surface area contributed by atoms with Crippen LogP contribution in [0.15, 0.2) is 24.3 Å². The first-order valence-electron chi connectivity index (χ1n) is 6.79. The number of para-hydroxylation sites is 1. The van der Waals surface area contributed by atoms with E-state index in [1.165, 1.54) is 14.2 Å². The van der Waals surface area contributed by atoms with Gasteiger partial charge in [-0.05, 0) is 18.1 Å². The number of benzene rings is 1. The Bertz CT molecular complexity index is 572. The van der Waals surface area contributed by atoms with Crippen molar-refractivity contribution >= 4 is 21.9 Å². The second kappa shape index (κ2) is 7.99. The first-order chi connectivity index (χ1) is 9.90. The third-order valence-corrected chi connectivity index (χ3v) is 4.53. The Balaban J connectivity index is 2.78. The highest BCUT2D eigenvalue weighted by molar-refractivity contribution is 7.90. The summed E-state index contributed by atoms with van der Waals surface area (Å²) in [7, 11) is -0.984. The fourth-order valence-corrected chi connectivity index (χ4v) is 2.76. The van der Waals surface area contributed by atoms with E-state index in [0.717, 1.165) is 22.7 Å². The number of methoxy groups -OCH3 is 1. The van der Waals surface area contributed by atoms with Crippen molar-refractivity contribution in [1.82, 2.24) is 4.31 Å². The number of ether oxygens (including phenoxy) is 1. The summed E-state index contributed by atoms with van der Waals surface area (Å²) in [5.41, 5.74) is 1.52. The Morgan fingerprint density at radius 3 is 2.62 bits per heavy atom. The van der Waals surface area contributed by atoms with Crippen LogP contribution in [0.4, 0.5) is 5.69 Å². The summed E-state index contributed by atoms with van der Waals surface area (Å²) in [6, 6.07) is 7.29. The van der Waals surface area contributed by atoms with Crippen LogP contribution in [0.2, 0.25) is 0 Å². The third-order valence-electron chi connectivity index (χ3n) is 3.04. The predicted octanol–water partition coefficient (Wildman–Crippen LogP) is 1.79. The van der Waals surface area contributed by atoms with E-state index in [1.54, 1.807) is 12.1 Å². The van der Waals surface area contributed by atoms with Crippen molar-refractivity contribution in [2.45, 2.75) is 26.2 Å². The number of nitrogens with zero attached hydrogens (tertiary/aromatic N) is 1. The molecule has 0 atom stereocenters. The number of hydrogen-bond donors (Lipinski definition) is 1. The number of nitrogens with one attached hydrogen (secondary N) is 1. The summed E-state index contributed by atoms with van der Waals surface area (Å²) in [6.07, 6.45) is 1.74. The molecule has 0 amide bonds. The number of rotatable bonds is 8. The number of aryl methyl sites for hydroxylation is 1. The number of anilines is 1. The van der Waals surface area contributed by atoms with E-state index in [9.17, 15) is 13.2 Å². The zero-order valence-corrected chi connectivity index (χ0v) is 13.4. The first-order valence-corrected chi connectivity index (χ1v) is 8.23. The fraction of sp³-hybridized carbons (Fsp3) is 0.500. The molecule has 6 nitrogen and oxygen atoms in total. The molecule has 0 spiro atoms. The van der Waals surface area contributed by atoms with Crippen LogP contribution in [-0.2, 0) is 26.2 Å². The third kappa shape index (κ3) is 5.35. The van der Waals surface area contributed by atoms with Crippen molar-refractivity contribution in [2.75, 3.05) is 25.4 Å². The largest absolute Gasteiger partial charge is 0.469 e. The zero-order chi connectivity index (χ0) is 15.9. The molecule has 0 radical (unpaired) electrons. The molecule has 1 N–H and O–H groups in total. The Hall–Kier alpha value is -1.60. The van der Waals surface area contributed by atoms with Gasteiger partial charge in [0.25, 0.3) is 0 Å². The highest BCUT2D eigenvalue weighted by Crippen LogP contribution is 2.19. The maximum absolute atomic E-state index is 12.2. The van der Waals surface area contributed by atoms with Gasteiger partial charge in [-0.2, -0.15) is 12.7 Å². The summed E-state index contributed by atoms with van der Waals surface area (Å²) in [5, 5.41) is 0. The van der Waals surface area contributed by atoms with E-state index in [-0.39, 0.29) is 13.0 Å². The number of carbonyl (C=O) groups excluding carboxylic acids is 1. The normalized spacial score (nSPS) is 11.4. The molecule has 1 rings (SSSR count). The van der Waals surface area contributed by atoms with Crippen LogP contribution >= 0.6 is 0 Å². The molecule has 0 heterocycles. The van der Waals surface area contributed by atoms with E-state index in [1.807, 2.05) is 19.1 Å². The van der Waals surface area contributed by atoms with Crippen LogP contribution in [0.1, 0.15) is 25.3 Å². The van der Waals surface area contributed by atoms with E-state index in [2.05, 4.69) is 9.46 Å². The standard InChI is InChI=1S/C14H22N2O4S/c1-4-7-12-8-5-6-9-13(12)15-21(18,19)16(2)11-10-14(17)20-3/h5-6,8-9,15H,4,7,10-11H2,1-3H3. The lowest BCUT2D eigenvalue weighted by molar-refractivity contribution is -0.140. The van der Waals surface area contributed by atoms with Crippen molar-refractivity contribution in [3.63, 3.8) is 0 Å². The molecule has 7 heteroatoms. The van der Waals surface area contributed by atoms with Crippen molar-refractivity contribution < 1.29 is 17.9 Å². The lowest BCUT2D eigenvalue weighted by Gasteiger charge is -2.19. The lowest BCUT2D eigenvalue weighted by Crippen LogP contribution is -2.34. The molecule has 0 aromatic heterocycles. The molecular weight excluding hydrogens is 292 g/mol. The van der Waals surface area contributed by atoms with Gasteiger partial charge in [-0.1, -0.05) is 31.5 Å². The molecule has 0 saturated heterocycles. The SMILES string of the molecule is CCCc1ccccc1NS(=O)(=O)N(C)CCC(=O)OC. The van der Waals surface area contributed by atoms with Crippen LogP contribution in [0.5, 0.6) is 0 Å². The molecule has 0 saturated carbocycles. The molecular formula is C14H22N2O4S. The van der Waals surface area contributed by atoms with Gasteiger partial charge >= 0.3 is 16.2 Å². The van der Waals surface area contributed by atoms with Crippen LogP contribution < -0.4 is 4.72 Å². The summed E-state index contributed by atoms with van der Waals surface area (Å²) in [4.78, 5) is 11.1. The lowest BCUT2D eigenvalue weighted by atomic mass is 10.1. The molecule has 0 aliphatic heterocycles. The number of carbonyl (C=O) groups is 1. The second-order valence-corrected chi connectivity index (χ2v) is 6.44. The maximum atomic E-state index is 12.2. The quantitative estimate of drug-likeness (QED) is 0.742. The average Bonchev–Trinajstić information content (AvgIpc) is 2.46. The van der Waals surface area contributed by atoms with Crippen molar-refractivity contribution in [2.24, 2.45) is 0 Å². The van der Waals surface area contributed by atoms with E-state index in [0.29, 0.717) is 5.69 Å². The first kappa shape index (κ1) is 17.5. The minimum absolute atomic E-state index is 0.0184. The van der Waals surface area contributed by atoms with E-state index in [4.69, 9.17) is 0 Å². The predicted molar refractivity (Wildman–Crippen MR) is 82.2 cm³/mol. The van der Waals surface area contributed by atoms with Crippen molar-refractivity contribution in [1.29, 1.82) is 0 Å². The molecule has 0 aliphatic carbocycles.